The van der Waals surface area contributed by atoms with Gasteiger partial charge in [-0.25, -0.2) is 0 Å². The zero-order valence-electron chi connectivity index (χ0n) is 18.0. The molecule has 0 aliphatic carbocycles. The topological polar surface area (TPSA) is 62.7 Å². The molecule has 0 N–H and O–H groups in total. The third-order valence-corrected chi connectivity index (χ3v) is 5.87. The van der Waals surface area contributed by atoms with Crippen molar-refractivity contribution in [3.8, 4) is 5.75 Å². The van der Waals surface area contributed by atoms with Crippen LogP contribution in [-0.2, 0) is 17.8 Å². The molecule has 1 aliphatic heterocycles. The van der Waals surface area contributed by atoms with E-state index in [1.165, 1.54) is 0 Å². The van der Waals surface area contributed by atoms with Crippen LogP contribution in [0.3, 0.4) is 0 Å². The predicted octanol–water partition coefficient (Wildman–Crippen LogP) is 4.37. The van der Waals surface area contributed by atoms with Gasteiger partial charge >= 0.3 is 0 Å². The number of benzene rings is 2. The van der Waals surface area contributed by atoms with Crippen LogP contribution in [0, 0.1) is 0 Å². The number of pyridine rings is 1. The van der Waals surface area contributed by atoms with Gasteiger partial charge in [-0.1, -0.05) is 40.2 Å². The van der Waals surface area contributed by atoms with Gasteiger partial charge in [0.05, 0.1) is 6.42 Å². The quantitative estimate of drug-likeness (QED) is 0.475. The molecule has 0 saturated carbocycles. The Morgan fingerprint density at radius 3 is 2.36 bits per heavy atom. The van der Waals surface area contributed by atoms with E-state index in [1.54, 1.807) is 29.4 Å². The maximum Gasteiger partial charge on any atom is 0.254 e. The summed E-state index contributed by atoms with van der Waals surface area (Å²) in [5, 5.41) is 0. The van der Waals surface area contributed by atoms with Crippen molar-refractivity contribution < 1.29 is 14.3 Å². The van der Waals surface area contributed by atoms with Crippen LogP contribution in [0.25, 0.3) is 0 Å². The molecule has 2 aromatic carbocycles. The number of carbonyl (C=O) groups excluding carboxylic acids is 2. The van der Waals surface area contributed by atoms with Crippen molar-refractivity contribution >= 4 is 40.2 Å². The van der Waals surface area contributed by atoms with Gasteiger partial charge in [-0.2, -0.15) is 0 Å². The number of nitrogens with zero attached hydrogens (tertiary/aromatic N) is 3. The SMILES string of the molecule is Cl.O=C(Cc1cccnc1)N1CCN(C(=O)c2cccc(OCc3cccc(Br)c3)c2)CC1. The molecule has 6 nitrogen and oxygen atoms in total. The van der Waals surface area contributed by atoms with E-state index in [2.05, 4.69) is 20.9 Å². The molecule has 33 heavy (non-hydrogen) atoms. The van der Waals surface area contributed by atoms with Crippen LogP contribution in [0.2, 0.25) is 0 Å². The summed E-state index contributed by atoms with van der Waals surface area (Å²) in [5.74, 6) is 0.673. The summed E-state index contributed by atoms with van der Waals surface area (Å²) >= 11 is 3.46. The second kappa shape index (κ2) is 11.8. The standard InChI is InChI=1S/C25H24BrN3O3.ClH/c26-22-7-1-4-20(14-22)18-32-23-8-2-6-21(16-23)25(31)29-12-10-28(11-13-29)24(30)15-19-5-3-9-27-17-19;/h1-9,14,16-17H,10-13,15,18H2;1H. The van der Waals surface area contributed by atoms with Gasteiger partial charge in [-0.15, -0.1) is 12.4 Å². The van der Waals surface area contributed by atoms with Crippen molar-refractivity contribution in [1.82, 2.24) is 14.8 Å². The van der Waals surface area contributed by atoms with Gasteiger partial charge < -0.3 is 14.5 Å². The lowest BCUT2D eigenvalue weighted by Gasteiger charge is -2.35. The first-order chi connectivity index (χ1) is 15.6. The summed E-state index contributed by atoms with van der Waals surface area (Å²) in [7, 11) is 0. The molecule has 8 heteroatoms. The first-order valence-electron chi connectivity index (χ1n) is 10.5. The van der Waals surface area contributed by atoms with Gasteiger partial charge in [0.25, 0.3) is 5.91 Å². The van der Waals surface area contributed by atoms with E-state index in [9.17, 15) is 9.59 Å². The van der Waals surface area contributed by atoms with E-state index >= 15 is 0 Å². The van der Waals surface area contributed by atoms with Gasteiger partial charge in [0.15, 0.2) is 0 Å². The second-order valence-electron chi connectivity index (χ2n) is 7.66. The summed E-state index contributed by atoms with van der Waals surface area (Å²) in [6.45, 7) is 2.52. The second-order valence-corrected chi connectivity index (χ2v) is 8.57. The number of aromatic nitrogens is 1. The van der Waals surface area contributed by atoms with Crippen molar-refractivity contribution in [3.63, 3.8) is 0 Å². The fourth-order valence-electron chi connectivity index (χ4n) is 3.64. The van der Waals surface area contributed by atoms with E-state index in [-0.39, 0.29) is 24.2 Å². The Kier molecular flexibility index (Phi) is 8.86. The van der Waals surface area contributed by atoms with Crippen LogP contribution >= 0.6 is 28.3 Å². The number of rotatable bonds is 6. The average Bonchev–Trinajstić information content (AvgIpc) is 2.83. The molecule has 172 valence electrons. The van der Waals surface area contributed by atoms with E-state index in [0.29, 0.717) is 50.5 Å². The van der Waals surface area contributed by atoms with Crippen LogP contribution in [0.5, 0.6) is 5.75 Å². The molecule has 1 fully saturated rings. The monoisotopic (exact) mass is 529 g/mol. The molecule has 3 aromatic rings. The number of hydrogen-bond acceptors (Lipinski definition) is 4. The minimum atomic E-state index is -0.0442. The van der Waals surface area contributed by atoms with Crippen molar-refractivity contribution in [2.45, 2.75) is 13.0 Å². The fourth-order valence-corrected chi connectivity index (χ4v) is 4.09. The number of hydrogen-bond donors (Lipinski definition) is 0. The van der Waals surface area contributed by atoms with Crippen molar-refractivity contribution in [1.29, 1.82) is 0 Å². The zero-order chi connectivity index (χ0) is 22.3. The first kappa shape index (κ1) is 24.7. The molecule has 1 aromatic heterocycles. The highest BCUT2D eigenvalue weighted by Crippen LogP contribution is 2.19. The summed E-state index contributed by atoms with van der Waals surface area (Å²) in [6, 6.07) is 18.9. The number of amides is 2. The molecule has 1 aliphatic rings. The van der Waals surface area contributed by atoms with E-state index < -0.39 is 0 Å². The largest absolute Gasteiger partial charge is 0.489 e. The molecule has 4 rings (SSSR count). The lowest BCUT2D eigenvalue weighted by molar-refractivity contribution is -0.131. The van der Waals surface area contributed by atoms with Crippen LogP contribution in [-0.4, -0.2) is 52.8 Å². The van der Waals surface area contributed by atoms with Crippen molar-refractivity contribution in [2.24, 2.45) is 0 Å². The van der Waals surface area contributed by atoms with E-state index in [4.69, 9.17) is 4.74 Å². The Hall–Kier alpha value is -2.90. The highest BCUT2D eigenvalue weighted by molar-refractivity contribution is 9.10. The molecular weight excluding hydrogens is 506 g/mol. The van der Waals surface area contributed by atoms with E-state index in [1.807, 2.05) is 53.4 Å². The summed E-state index contributed by atoms with van der Waals surface area (Å²) < 4.78 is 6.88. The van der Waals surface area contributed by atoms with Gasteiger partial charge in [-0.3, -0.25) is 14.6 Å². The normalized spacial score (nSPS) is 13.2. The first-order valence-corrected chi connectivity index (χ1v) is 11.3. The smallest absolute Gasteiger partial charge is 0.254 e. The lowest BCUT2D eigenvalue weighted by atomic mass is 10.1. The molecule has 1 saturated heterocycles. The van der Waals surface area contributed by atoms with Gasteiger partial charge in [0.2, 0.25) is 5.91 Å². The molecule has 2 amide bonds. The average molecular weight is 531 g/mol. The summed E-state index contributed by atoms with van der Waals surface area (Å²) in [4.78, 5) is 33.2. The summed E-state index contributed by atoms with van der Waals surface area (Å²) in [6.07, 6.45) is 3.74. The molecule has 0 spiro atoms. The third kappa shape index (κ3) is 6.79. The van der Waals surface area contributed by atoms with Crippen LogP contribution in [0.1, 0.15) is 21.5 Å². The van der Waals surface area contributed by atoms with Crippen LogP contribution < -0.4 is 4.74 Å². The highest BCUT2D eigenvalue weighted by atomic mass is 79.9. The lowest BCUT2D eigenvalue weighted by Crippen LogP contribution is -2.51. The Labute approximate surface area is 208 Å². The minimum absolute atomic E-state index is 0. The third-order valence-electron chi connectivity index (χ3n) is 5.37. The van der Waals surface area contributed by atoms with Gasteiger partial charge in [-0.05, 0) is 47.5 Å². The van der Waals surface area contributed by atoms with Crippen molar-refractivity contribution in [2.75, 3.05) is 26.2 Å². The maximum absolute atomic E-state index is 13.0. The zero-order valence-corrected chi connectivity index (χ0v) is 20.4. The minimum Gasteiger partial charge on any atom is -0.489 e. The Balaban J connectivity index is 0.00000306. The summed E-state index contributed by atoms with van der Waals surface area (Å²) in [5.41, 5.74) is 2.53. The number of carbonyl (C=O) groups is 2. The number of halogens is 2. The van der Waals surface area contributed by atoms with Gasteiger partial charge in [0.1, 0.15) is 12.4 Å². The highest BCUT2D eigenvalue weighted by Gasteiger charge is 2.25. The number of ether oxygens (including phenoxy) is 1. The molecule has 0 unspecified atom stereocenters. The van der Waals surface area contributed by atoms with Crippen LogP contribution in [0.4, 0.5) is 0 Å². The van der Waals surface area contributed by atoms with Gasteiger partial charge in [0, 0.05) is 48.6 Å². The molecule has 0 atom stereocenters. The molecule has 0 bridgehead atoms. The fraction of sp³-hybridized carbons (Fsp3) is 0.240. The Morgan fingerprint density at radius 2 is 1.64 bits per heavy atom. The predicted molar refractivity (Wildman–Crippen MR) is 133 cm³/mol. The molecule has 0 radical (unpaired) electrons. The molecular formula is C25H25BrClN3O3. The van der Waals surface area contributed by atoms with Crippen molar-refractivity contribution in [3.05, 3.63) is 94.2 Å². The van der Waals surface area contributed by atoms with E-state index in [0.717, 1.165) is 15.6 Å². The molecule has 2 heterocycles. The number of piperazine rings is 1. The Morgan fingerprint density at radius 1 is 0.909 bits per heavy atom. The van der Waals surface area contributed by atoms with Crippen LogP contribution in [0.15, 0.2) is 77.5 Å². The Bertz CT molecular complexity index is 1090. The maximum atomic E-state index is 13.0.